The van der Waals surface area contributed by atoms with E-state index in [1.807, 2.05) is 24.3 Å². The fraction of sp³-hybridized carbons (Fsp3) is 0.667. The topological polar surface area (TPSA) is 32.7 Å². The number of rotatable bonds is 6. The molecule has 1 N–H and O–H groups in total. The molecule has 0 radical (unpaired) electrons. The van der Waals surface area contributed by atoms with Gasteiger partial charge < -0.3 is 14.7 Å². The van der Waals surface area contributed by atoms with Crippen LogP contribution in [-0.4, -0.2) is 36.8 Å². The van der Waals surface area contributed by atoms with Crippen LogP contribution in [0.1, 0.15) is 51.2 Å². The molecule has 1 fully saturated rings. The molecule has 1 aromatic carbocycles. The summed E-state index contributed by atoms with van der Waals surface area (Å²) < 4.78 is 5.23. The number of aliphatic hydroxyl groups excluding tert-OH is 1. The van der Waals surface area contributed by atoms with Crippen LogP contribution < -0.4 is 4.74 Å². The second-order valence-electron chi connectivity index (χ2n) is 6.30. The van der Waals surface area contributed by atoms with Crippen molar-refractivity contribution in [2.24, 2.45) is 5.41 Å². The van der Waals surface area contributed by atoms with Crippen molar-refractivity contribution in [3.05, 3.63) is 29.8 Å². The first kappa shape index (κ1) is 16.3. The van der Waals surface area contributed by atoms with Gasteiger partial charge in [-0.1, -0.05) is 38.8 Å². The molecule has 3 nitrogen and oxygen atoms in total. The number of ether oxygens (including phenoxy) is 1. The number of nitrogens with zero attached hydrogens (tertiary/aromatic N) is 1. The first-order chi connectivity index (χ1) is 10.1. The highest BCUT2D eigenvalue weighted by molar-refractivity contribution is 5.29. The molecule has 3 heteroatoms. The number of methoxy groups -OCH3 is 1. The largest absolute Gasteiger partial charge is 0.497 e. The Balaban J connectivity index is 1.90. The van der Waals surface area contributed by atoms with E-state index in [1.165, 1.54) is 25.7 Å². The standard InChI is InChI=1S/C18H29NO2/c1-4-18(5-2)9-11-19(12-10-18)14-17(20)15-7-6-8-16(13-15)21-3/h6-8,13,17,20H,4-5,9-12,14H2,1-3H3. The smallest absolute Gasteiger partial charge is 0.119 e. The second kappa shape index (κ2) is 7.28. The summed E-state index contributed by atoms with van der Waals surface area (Å²) in [5.74, 6) is 0.807. The van der Waals surface area contributed by atoms with Gasteiger partial charge in [0.2, 0.25) is 0 Å². The van der Waals surface area contributed by atoms with E-state index in [0.29, 0.717) is 5.41 Å². The van der Waals surface area contributed by atoms with Crippen molar-refractivity contribution in [1.82, 2.24) is 4.90 Å². The summed E-state index contributed by atoms with van der Waals surface area (Å²) in [6.07, 6.45) is 4.62. The quantitative estimate of drug-likeness (QED) is 0.868. The van der Waals surface area contributed by atoms with Gasteiger partial charge in [-0.25, -0.2) is 0 Å². The van der Waals surface area contributed by atoms with Gasteiger partial charge in [-0.2, -0.15) is 0 Å². The third-order valence-corrected chi connectivity index (χ3v) is 5.33. The van der Waals surface area contributed by atoms with E-state index in [-0.39, 0.29) is 0 Å². The van der Waals surface area contributed by atoms with Crippen molar-refractivity contribution in [2.45, 2.75) is 45.6 Å². The van der Waals surface area contributed by atoms with E-state index >= 15 is 0 Å². The molecule has 0 aliphatic carbocycles. The molecule has 0 spiro atoms. The molecule has 0 amide bonds. The minimum absolute atomic E-state index is 0.434. The van der Waals surface area contributed by atoms with Crippen molar-refractivity contribution in [2.75, 3.05) is 26.7 Å². The molecule has 0 aromatic heterocycles. The minimum Gasteiger partial charge on any atom is -0.497 e. The molecule has 1 unspecified atom stereocenters. The zero-order valence-electron chi connectivity index (χ0n) is 13.6. The second-order valence-corrected chi connectivity index (χ2v) is 6.30. The van der Waals surface area contributed by atoms with Crippen LogP contribution in [0.2, 0.25) is 0 Å². The predicted molar refractivity (Wildman–Crippen MR) is 86.6 cm³/mol. The summed E-state index contributed by atoms with van der Waals surface area (Å²) in [6.45, 7) is 7.54. The van der Waals surface area contributed by atoms with Gasteiger partial charge in [0.15, 0.2) is 0 Å². The molecule has 21 heavy (non-hydrogen) atoms. The molecule has 0 bridgehead atoms. The highest BCUT2D eigenvalue weighted by Gasteiger charge is 2.31. The average molecular weight is 291 g/mol. The highest BCUT2D eigenvalue weighted by atomic mass is 16.5. The molecule has 1 saturated heterocycles. The van der Waals surface area contributed by atoms with Gasteiger partial charge in [-0.05, 0) is 49.0 Å². The fourth-order valence-corrected chi connectivity index (χ4v) is 3.37. The van der Waals surface area contributed by atoms with Gasteiger partial charge in [0.05, 0.1) is 13.2 Å². The van der Waals surface area contributed by atoms with Gasteiger partial charge in [0.1, 0.15) is 5.75 Å². The zero-order valence-corrected chi connectivity index (χ0v) is 13.6. The normalized spacial score (nSPS) is 20.2. The summed E-state index contributed by atoms with van der Waals surface area (Å²) >= 11 is 0. The number of aliphatic hydroxyl groups is 1. The summed E-state index contributed by atoms with van der Waals surface area (Å²) in [5.41, 5.74) is 1.48. The molecular formula is C18H29NO2. The van der Waals surface area contributed by atoms with Crippen LogP contribution in [-0.2, 0) is 0 Å². The van der Waals surface area contributed by atoms with Crippen LogP contribution in [0.25, 0.3) is 0 Å². The number of β-amino-alcohol motifs (C(OH)–C–C–N with tert-alkyl or cyclic N) is 1. The maximum absolute atomic E-state index is 10.4. The van der Waals surface area contributed by atoms with Crippen molar-refractivity contribution in [3.8, 4) is 5.75 Å². The van der Waals surface area contributed by atoms with Crippen molar-refractivity contribution < 1.29 is 9.84 Å². The Bertz CT molecular complexity index is 433. The lowest BCUT2D eigenvalue weighted by molar-refractivity contribution is 0.0531. The van der Waals surface area contributed by atoms with Gasteiger partial charge in [0, 0.05) is 6.54 Å². The van der Waals surface area contributed by atoms with E-state index in [9.17, 15) is 5.11 Å². The third kappa shape index (κ3) is 3.98. The molecule has 1 aliphatic heterocycles. The number of benzene rings is 1. The predicted octanol–water partition coefficient (Wildman–Crippen LogP) is 3.63. The number of hydrogen-bond donors (Lipinski definition) is 1. The van der Waals surface area contributed by atoms with Crippen molar-refractivity contribution >= 4 is 0 Å². The number of likely N-dealkylation sites (tertiary alicyclic amines) is 1. The van der Waals surface area contributed by atoms with Gasteiger partial charge in [-0.3, -0.25) is 0 Å². The maximum atomic E-state index is 10.4. The lowest BCUT2D eigenvalue weighted by Crippen LogP contribution is -2.41. The van der Waals surface area contributed by atoms with Crippen LogP contribution in [0.4, 0.5) is 0 Å². The molecule has 1 atom stereocenters. The van der Waals surface area contributed by atoms with Crippen LogP contribution in [0.15, 0.2) is 24.3 Å². The monoisotopic (exact) mass is 291 g/mol. The first-order valence-corrected chi connectivity index (χ1v) is 8.17. The van der Waals surface area contributed by atoms with E-state index in [1.54, 1.807) is 7.11 Å². The van der Waals surface area contributed by atoms with Crippen LogP contribution in [0.5, 0.6) is 5.75 Å². The van der Waals surface area contributed by atoms with E-state index in [4.69, 9.17) is 4.74 Å². The Labute approximate surface area is 128 Å². The van der Waals surface area contributed by atoms with Crippen molar-refractivity contribution in [1.29, 1.82) is 0 Å². The van der Waals surface area contributed by atoms with Crippen LogP contribution in [0.3, 0.4) is 0 Å². The van der Waals surface area contributed by atoms with Crippen molar-refractivity contribution in [3.63, 3.8) is 0 Å². The molecule has 1 heterocycles. The Kier molecular flexibility index (Phi) is 5.65. The molecule has 2 rings (SSSR count). The summed E-state index contributed by atoms with van der Waals surface area (Å²) in [7, 11) is 1.66. The molecule has 1 aromatic rings. The Morgan fingerprint density at radius 3 is 2.48 bits per heavy atom. The molecule has 1 aliphatic rings. The fourth-order valence-electron chi connectivity index (χ4n) is 3.37. The SMILES string of the molecule is CCC1(CC)CCN(CC(O)c2cccc(OC)c2)CC1. The summed E-state index contributed by atoms with van der Waals surface area (Å²) in [6, 6.07) is 7.75. The van der Waals surface area contributed by atoms with Gasteiger partial charge in [0.25, 0.3) is 0 Å². The Morgan fingerprint density at radius 2 is 1.90 bits per heavy atom. The summed E-state index contributed by atoms with van der Waals surface area (Å²) in [4.78, 5) is 2.40. The average Bonchev–Trinajstić information content (AvgIpc) is 2.56. The molecule has 118 valence electrons. The number of hydrogen-bond acceptors (Lipinski definition) is 3. The van der Waals surface area contributed by atoms with Crippen LogP contribution in [0, 0.1) is 5.41 Å². The Hall–Kier alpha value is -1.06. The van der Waals surface area contributed by atoms with E-state index in [2.05, 4.69) is 18.7 Å². The summed E-state index contributed by atoms with van der Waals surface area (Å²) in [5, 5.41) is 10.4. The third-order valence-electron chi connectivity index (χ3n) is 5.33. The van der Waals surface area contributed by atoms with Crippen LogP contribution >= 0.6 is 0 Å². The zero-order chi connectivity index (χ0) is 15.3. The van der Waals surface area contributed by atoms with Gasteiger partial charge >= 0.3 is 0 Å². The number of piperidine rings is 1. The lowest BCUT2D eigenvalue weighted by Gasteiger charge is -2.41. The lowest BCUT2D eigenvalue weighted by atomic mass is 9.74. The maximum Gasteiger partial charge on any atom is 0.119 e. The first-order valence-electron chi connectivity index (χ1n) is 8.17. The molecule has 0 saturated carbocycles. The Morgan fingerprint density at radius 1 is 1.24 bits per heavy atom. The molecular weight excluding hydrogens is 262 g/mol. The van der Waals surface area contributed by atoms with E-state index < -0.39 is 6.10 Å². The van der Waals surface area contributed by atoms with Gasteiger partial charge in [-0.15, -0.1) is 0 Å². The van der Waals surface area contributed by atoms with E-state index in [0.717, 1.165) is 30.9 Å². The highest BCUT2D eigenvalue weighted by Crippen LogP contribution is 2.38. The minimum atomic E-state index is -0.434.